The molecule has 0 aromatic heterocycles. The molecule has 1 aromatic carbocycles. The topological polar surface area (TPSA) is 84.5 Å². The predicted octanol–water partition coefficient (Wildman–Crippen LogP) is 1.76. The van der Waals surface area contributed by atoms with E-state index in [2.05, 4.69) is 10.2 Å². The highest BCUT2D eigenvalue weighted by Crippen LogP contribution is 2.13. The summed E-state index contributed by atoms with van der Waals surface area (Å²) in [5, 5.41) is 0. The highest BCUT2D eigenvalue weighted by molar-refractivity contribution is 7.89. The molecule has 1 amide bonds. The summed E-state index contributed by atoms with van der Waals surface area (Å²) in [6.45, 7) is 7.75. The number of aryl methyl sites for hydroxylation is 1. The summed E-state index contributed by atoms with van der Waals surface area (Å²) >= 11 is 0. The molecule has 0 aliphatic heterocycles. The molecule has 1 aromatic rings. The molecule has 0 heterocycles. The highest BCUT2D eigenvalue weighted by Gasteiger charge is 2.26. The van der Waals surface area contributed by atoms with Gasteiger partial charge in [-0.3, -0.25) is 9.63 Å². The zero-order valence-electron chi connectivity index (χ0n) is 13.4. The number of nitrogens with one attached hydrogen (secondary N) is 2. The van der Waals surface area contributed by atoms with E-state index in [1.807, 2.05) is 20.8 Å². The molecule has 0 bridgehead atoms. The molecule has 0 fully saturated rings. The van der Waals surface area contributed by atoms with Crippen molar-refractivity contribution in [3.05, 3.63) is 29.8 Å². The van der Waals surface area contributed by atoms with E-state index >= 15 is 0 Å². The highest BCUT2D eigenvalue weighted by atomic mass is 32.2. The van der Waals surface area contributed by atoms with E-state index < -0.39 is 22.0 Å². The number of hydrogen-bond acceptors (Lipinski definition) is 4. The molecule has 0 spiro atoms. The maximum atomic E-state index is 12.4. The monoisotopic (exact) mass is 328 g/mol. The van der Waals surface area contributed by atoms with E-state index in [1.54, 1.807) is 19.1 Å². The third kappa shape index (κ3) is 5.75. The largest absolute Gasteiger partial charge is 0.274 e. The van der Waals surface area contributed by atoms with Crippen molar-refractivity contribution in [2.45, 2.75) is 45.1 Å². The zero-order valence-corrected chi connectivity index (χ0v) is 14.2. The molecule has 0 aliphatic carbocycles. The van der Waals surface area contributed by atoms with E-state index in [0.29, 0.717) is 13.0 Å². The lowest BCUT2D eigenvalue weighted by molar-refractivity contribution is -0.135. The van der Waals surface area contributed by atoms with Crippen LogP contribution in [0.3, 0.4) is 0 Å². The van der Waals surface area contributed by atoms with Crippen molar-refractivity contribution in [1.29, 1.82) is 0 Å². The van der Waals surface area contributed by atoms with E-state index in [4.69, 9.17) is 4.84 Å². The molecule has 0 aliphatic rings. The van der Waals surface area contributed by atoms with Gasteiger partial charge in [0.1, 0.15) is 6.04 Å². The molecule has 1 rings (SSSR count). The van der Waals surface area contributed by atoms with E-state index in [1.165, 1.54) is 12.1 Å². The van der Waals surface area contributed by atoms with Crippen LogP contribution >= 0.6 is 0 Å². The van der Waals surface area contributed by atoms with Crippen molar-refractivity contribution in [2.75, 3.05) is 6.61 Å². The van der Waals surface area contributed by atoms with Gasteiger partial charge in [-0.15, -0.1) is 0 Å². The standard InChI is InChI=1S/C15H24N2O4S/c1-5-21-16-15(18)14(10-11(2)3)17-22(19,20)13-8-6-12(4)7-9-13/h6-9,11,14,17H,5,10H2,1-4H3,(H,16,18). The molecule has 0 radical (unpaired) electrons. The van der Waals surface area contributed by atoms with Crippen LogP contribution < -0.4 is 10.2 Å². The summed E-state index contributed by atoms with van der Waals surface area (Å²) in [5.41, 5.74) is 3.22. The quantitative estimate of drug-likeness (QED) is 0.712. The molecular weight excluding hydrogens is 304 g/mol. The second-order valence-corrected chi connectivity index (χ2v) is 7.23. The first-order valence-corrected chi connectivity index (χ1v) is 8.75. The van der Waals surface area contributed by atoms with Crippen molar-refractivity contribution in [2.24, 2.45) is 5.92 Å². The van der Waals surface area contributed by atoms with Crippen LogP contribution in [0.15, 0.2) is 29.2 Å². The maximum Gasteiger partial charge on any atom is 0.261 e. The molecule has 1 unspecified atom stereocenters. The van der Waals surface area contributed by atoms with Gasteiger partial charge >= 0.3 is 0 Å². The van der Waals surface area contributed by atoms with Crippen molar-refractivity contribution >= 4 is 15.9 Å². The number of amides is 1. The summed E-state index contributed by atoms with van der Waals surface area (Å²) in [4.78, 5) is 17.0. The van der Waals surface area contributed by atoms with Crippen LogP contribution in [0.2, 0.25) is 0 Å². The van der Waals surface area contributed by atoms with Gasteiger partial charge in [-0.05, 0) is 38.3 Å². The molecule has 6 nitrogen and oxygen atoms in total. The minimum absolute atomic E-state index is 0.135. The Kier molecular flexibility index (Phi) is 6.99. The Morgan fingerprint density at radius 2 is 1.82 bits per heavy atom. The lowest BCUT2D eigenvalue weighted by Crippen LogP contribution is -2.47. The normalized spacial score (nSPS) is 13.1. The van der Waals surface area contributed by atoms with Crippen molar-refractivity contribution < 1.29 is 18.0 Å². The van der Waals surface area contributed by atoms with Gasteiger partial charge in [0.05, 0.1) is 11.5 Å². The van der Waals surface area contributed by atoms with Crippen LogP contribution in [0.25, 0.3) is 0 Å². The van der Waals surface area contributed by atoms with Crippen LogP contribution in [-0.4, -0.2) is 27.0 Å². The van der Waals surface area contributed by atoms with E-state index in [-0.39, 0.29) is 10.8 Å². The van der Waals surface area contributed by atoms with Crippen LogP contribution in [0.5, 0.6) is 0 Å². The Morgan fingerprint density at radius 1 is 1.23 bits per heavy atom. The van der Waals surface area contributed by atoms with Crippen LogP contribution in [0, 0.1) is 12.8 Å². The van der Waals surface area contributed by atoms with Crippen molar-refractivity contribution in [1.82, 2.24) is 10.2 Å². The molecule has 0 saturated carbocycles. The Bertz CT molecular complexity index is 582. The first-order chi connectivity index (χ1) is 10.3. The molecule has 22 heavy (non-hydrogen) atoms. The summed E-state index contributed by atoms with van der Waals surface area (Å²) in [6.07, 6.45) is 0.379. The first-order valence-electron chi connectivity index (χ1n) is 7.27. The Morgan fingerprint density at radius 3 is 2.32 bits per heavy atom. The van der Waals surface area contributed by atoms with E-state index in [9.17, 15) is 13.2 Å². The molecule has 7 heteroatoms. The molecule has 2 N–H and O–H groups in total. The number of rotatable bonds is 8. The van der Waals surface area contributed by atoms with Gasteiger partial charge in [0.2, 0.25) is 10.0 Å². The van der Waals surface area contributed by atoms with E-state index in [0.717, 1.165) is 5.56 Å². The van der Waals surface area contributed by atoms with Gasteiger partial charge < -0.3 is 0 Å². The van der Waals surface area contributed by atoms with Crippen LogP contribution in [-0.2, 0) is 19.7 Å². The summed E-state index contributed by atoms with van der Waals surface area (Å²) in [5.74, 6) is -0.343. The predicted molar refractivity (Wildman–Crippen MR) is 84.5 cm³/mol. The van der Waals surface area contributed by atoms with Gasteiger partial charge in [-0.2, -0.15) is 4.72 Å². The zero-order chi connectivity index (χ0) is 16.8. The van der Waals surface area contributed by atoms with Gasteiger partial charge in [0.15, 0.2) is 0 Å². The fourth-order valence-corrected chi connectivity index (χ4v) is 3.08. The van der Waals surface area contributed by atoms with Gasteiger partial charge in [0, 0.05) is 0 Å². The second-order valence-electron chi connectivity index (χ2n) is 5.52. The Labute approximate surface area is 132 Å². The summed E-state index contributed by atoms with van der Waals surface area (Å²) in [7, 11) is -3.76. The van der Waals surface area contributed by atoms with Crippen LogP contribution in [0.1, 0.15) is 32.8 Å². The molecule has 1 atom stereocenters. The average molecular weight is 328 g/mol. The maximum absolute atomic E-state index is 12.4. The minimum atomic E-state index is -3.76. The number of benzene rings is 1. The molecule has 0 saturated heterocycles. The van der Waals surface area contributed by atoms with Gasteiger partial charge in [-0.1, -0.05) is 31.5 Å². The average Bonchev–Trinajstić information content (AvgIpc) is 2.43. The van der Waals surface area contributed by atoms with Gasteiger partial charge in [0.25, 0.3) is 5.91 Å². The SMILES string of the molecule is CCONC(=O)C(CC(C)C)NS(=O)(=O)c1ccc(C)cc1. The second kappa shape index (κ2) is 8.26. The smallest absolute Gasteiger partial charge is 0.261 e. The third-order valence-corrected chi connectivity index (χ3v) is 4.46. The molecule has 124 valence electrons. The van der Waals surface area contributed by atoms with Crippen LogP contribution in [0.4, 0.5) is 0 Å². The number of carbonyl (C=O) groups excluding carboxylic acids is 1. The number of hydrogen-bond donors (Lipinski definition) is 2. The van der Waals surface area contributed by atoms with Gasteiger partial charge in [-0.25, -0.2) is 13.9 Å². The minimum Gasteiger partial charge on any atom is -0.274 e. The summed E-state index contributed by atoms with van der Waals surface area (Å²) < 4.78 is 27.2. The molecular formula is C15H24N2O4S. The first kappa shape index (κ1) is 18.6. The lowest BCUT2D eigenvalue weighted by atomic mass is 10.0. The third-order valence-electron chi connectivity index (χ3n) is 2.97. The van der Waals surface area contributed by atoms with Crippen molar-refractivity contribution in [3.8, 4) is 0 Å². The number of sulfonamides is 1. The fourth-order valence-electron chi connectivity index (χ4n) is 1.87. The Hall–Kier alpha value is -1.44. The summed E-state index contributed by atoms with van der Waals surface area (Å²) in [6, 6.07) is 5.59. The number of carbonyl (C=O) groups is 1. The number of hydroxylamine groups is 1. The Balaban J connectivity index is 2.91. The van der Waals surface area contributed by atoms with Crippen molar-refractivity contribution in [3.63, 3.8) is 0 Å². The lowest BCUT2D eigenvalue weighted by Gasteiger charge is -2.19. The fraction of sp³-hybridized carbons (Fsp3) is 0.533.